The number of hydrogen-bond acceptors (Lipinski definition) is 3. The summed E-state index contributed by atoms with van der Waals surface area (Å²) < 4.78 is 5.72. The summed E-state index contributed by atoms with van der Waals surface area (Å²) in [5.74, 6) is 0.828. The molecule has 1 aliphatic heterocycles. The van der Waals surface area contributed by atoms with Crippen LogP contribution in [0.4, 0.5) is 0 Å². The summed E-state index contributed by atoms with van der Waals surface area (Å²) in [6.45, 7) is 12.1. The normalized spacial score (nSPS) is 22.2. The lowest BCUT2D eigenvalue weighted by Gasteiger charge is -2.41. The first-order chi connectivity index (χ1) is 9.71. The number of aliphatic hydroxyl groups is 1. The van der Waals surface area contributed by atoms with Crippen molar-refractivity contribution < 1.29 is 9.84 Å². The van der Waals surface area contributed by atoms with Crippen molar-refractivity contribution in [2.24, 2.45) is 0 Å². The summed E-state index contributed by atoms with van der Waals surface area (Å²) in [4.78, 5) is 2.42. The van der Waals surface area contributed by atoms with Gasteiger partial charge < -0.3 is 9.84 Å². The first-order valence-electron chi connectivity index (χ1n) is 7.86. The van der Waals surface area contributed by atoms with Crippen molar-refractivity contribution >= 4 is 0 Å². The van der Waals surface area contributed by atoms with Gasteiger partial charge in [-0.2, -0.15) is 0 Å². The Labute approximate surface area is 128 Å². The predicted molar refractivity (Wildman–Crippen MR) is 86.8 cm³/mol. The molecule has 3 heteroatoms. The lowest BCUT2D eigenvalue weighted by molar-refractivity contribution is 0.00531. The molecule has 1 N–H and O–H groups in total. The van der Waals surface area contributed by atoms with Gasteiger partial charge in [0.05, 0.1) is 0 Å². The van der Waals surface area contributed by atoms with E-state index in [1.807, 2.05) is 31.2 Å². The van der Waals surface area contributed by atoms with Gasteiger partial charge in [-0.15, -0.1) is 0 Å². The number of aryl methyl sites for hydroxylation is 1. The molecule has 3 nitrogen and oxygen atoms in total. The second-order valence-corrected chi connectivity index (χ2v) is 7.52. The van der Waals surface area contributed by atoms with E-state index in [0.717, 1.165) is 5.75 Å². The molecule has 118 valence electrons. The van der Waals surface area contributed by atoms with Crippen LogP contribution in [0.1, 0.15) is 46.1 Å². The second-order valence-electron chi connectivity index (χ2n) is 7.52. The van der Waals surface area contributed by atoms with E-state index in [2.05, 4.69) is 32.6 Å². The van der Waals surface area contributed by atoms with Crippen LogP contribution in [-0.2, 0) is 0 Å². The van der Waals surface area contributed by atoms with Crippen molar-refractivity contribution in [3.63, 3.8) is 0 Å². The van der Waals surface area contributed by atoms with Crippen LogP contribution in [0.5, 0.6) is 5.75 Å². The molecule has 1 aliphatic rings. The van der Waals surface area contributed by atoms with Crippen LogP contribution in [0.15, 0.2) is 24.3 Å². The number of rotatable bonds is 5. The summed E-state index contributed by atoms with van der Waals surface area (Å²) in [5.41, 5.74) is 1.46. The molecule has 1 aromatic carbocycles. The second kappa shape index (κ2) is 5.98. The Bertz CT molecular complexity index is 466. The van der Waals surface area contributed by atoms with Crippen molar-refractivity contribution in [1.29, 1.82) is 0 Å². The van der Waals surface area contributed by atoms with Crippen LogP contribution < -0.4 is 4.74 Å². The fourth-order valence-electron chi connectivity index (χ4n) is 3.36. The number of β-amino-alcohol motifs (C(OH)–C–C–N with tert-alkyl or cyclic N) is 1. The number of hydrogen-bond donors (Lipinski definition) is 1. The van der Waals surface area contributed by atoms with Crippen LogP contribution >= 0.6 is 0 Å². The van der Waals surface area contributed by atoms with Crippen LogP contribution in [0.3, 0.4) is 0 Å². The minimum atomic E-state index is -0.470. The van der Waals surface area contributed by atoms with Gasteiger partial charge in [-0.05, 0) is 65.2 Å². The maximum absolute atomic E-state index is 10.3. The zero-order valence-corrected chi connectivity index (χ0v) is 14.0. The Balaban J connectivity index is 1.91. The van der Waals surface area contributed by atoms with E-state index in [-0.39, 0.29) is 11.1 Å². The number of likely N-dealkylation sites (tertiary alicyclic amines) is 1. The van der Waals surface area contributed by atoms with Crippen molar-refractivity contribution in [2.45, 2.75) is 64.6 Å². The average molecular weight is 291 g/mol. The van der Waals surface area contributed by atoms with Crippen molar-refractivity contribution in [3.8, 4) is 5.75 Å². The molecule has 1 heterocycles. The molecule has 1 aromatic rings. The van der Waals surface area contributed by atoms with Crippen LogP contribution in [0.2, 0.25) is 0 Å². The molecular formula is C18H29NO2. The number of aliphatic hydroxyl groups excluding tert-OH is 1. The molecule has 1 unspecified atom stereocenters. The molecule has 1 saturated heterocycles. The van der Waals surface area contributed by atoms with Crippen molar-refractivity contribution in [2.75, 3.05) is 13.2 Å². The van der Waals surface area contributed by atoms with Gasteiger partial charge in [0.15, 0.2) is 0 Å². The lowest BCUT2D eigenvalue weighted by atomic mass is 10.0. The quantitative estimate of drug-likeness (QED) is 0.902. The highest BCUT2D eigenvalue weighted by Gasteiger charge is 2.44. The minimum absolute atomic E-state index is 0.147. The third-order valence-corrected chi connectivity index (χ3v) is 4.64. The third kappa shape index (κ3) is 3.98. The molecule has 21 heavy (non-hydrogen) atoms. The van der Waals surface area contributed by atoms with Gasteiger partial charge in [-0.1, -0.05) is 12.1 Å². The van der Waals surface area contributed by atoms with Crippen LogP contribution in [-0.4, -0.2) is 40.3 Å². The fraction of sp³-hybridized carbons (Fsp3) is 0.667. The lowest BCUT2D eigenvalue weighted by Crippen LogP contribution is -2.52. The molecule has 0 radical (unpaired) electrons. The van der Waals surface area contributed by atoms with E-state index >= 15 is 0 Å². The molecule has 0 bridgehead atoms. The van der Waals surface area contributed by atoms with Gasteiger partial charge in [-0.25, -0.2) is 0 Å². The van der Waals surface area contributed by atoms with Crippen LogP contribution in [0, 0.1) is 6.92 Å². The highest BCUT2D eigenvalue weighted by atomic mass is 16.5. The fourth-order valence-corrected chi connectivity index (χ4v) is 3.36. The Hall–Kier alpha value is -1.06. The van der Waals surface area contributed by atoms with E-state index < -0.39 is 6.10 Å². The van der Waals surface area contributed by atoms with Crippen molar-refractivity contribution in [1.82, 2.24) is 4.90 Å². The highest BCUT2D eigenvalue weighted by molar-refractivity contribution is 5.27. The molecule has 2 rings (SSSR count). The number of nitrogens with zero attached hydrogens (tertiary/aromatic N) is 1. The zero-order chi connectivity index (χ0) is 15.7. The predicted octanol–water partition coefficient (Wildman–Crippen LogP) is 3.39. The molecule has 0 saturated carbocycles. The smallest absolute Gasteiger partial charge is 0.119 e. The molecule has 1 fully saturated rings. The van der Waals surface area contributed by atoms with Crippen molar-refractivity contribution in [3.05, 3.63) is 29.8 Å². The van der Waals surface area contributed by atoms with E-state index in [1.54, 1.807) is 0 Å². The summed E-state index contributed by atoms with van der Waals surface area (Å²) >= 11 is 0. The first-order valence-corrected chi connectivity index (χ1v) is 7.86. The minimum Gasteiger partial charge on any atom is -0.491 e. The van der Waals surface area contributed by atoms with Gasteiger partial charge in [0.1, 0.15) is 18.5 Å². The Morgan fingerprint density at radius 1 is 1.19 bits per heavy atom. The molecule has 0 amide bonds. The van der Waals surface area contributed by atoms with Gasteiger partial charge in [0.25, 0.3) is 0 Å². The van der Waals surface area contributed by atoms with E-state index in [9.17, 15) is 5.11 Å². The van der Waals surface area contributed by atoms with E-state index in [4.69, 9.17) is 4.74 Å². The number of benzene rings is 1. The maximum atomic E-state index is 10.3. The summed E-state index contributed by atoms with van der Waals surface area (Å²) in [5, 5.41) is 10.3. The molecule has 0 aliphatic carbocycles. The first kappa shape index (κ1) is 16.3. The third-order valence-electron chi connectivity index (χ3n) is 4.64. The standard InChI is InChI=1S/C18H29NO2/c1-14-7-6-8-16(11-14)21-13-15(20)12-19-17(2,3)9-10-18(19,4)5/h6-8,11,15,20H,9-10,12-13H2,1-5H3. The molecule has 1 atom stereocenters. The monoisotopic (exact) mass is 291 g/mol. The van der Waals surface area contributed by atoms with E-state index in [0.29, 0.717) is 13.2 Å². The molecular weight excluding hydrogens is 262 g/mol. The Morgan fingerprint density at radius 3 is 2.38 bits per heavy atom. The van der Waals surface area contributed by atoms with Gasteiger partial charge in [0.2, 0.25) is 0 Å². The average Bonchev–Trinajstić information content (AvgIpc) is 2.60. The van der Waals surface area contributed by atoms with Gasteiger partial charge in [-0.3, -0.25) is 4.90 Å². The maximum Gasteiger partial charge on any atom is 0.119 e. The Morgan fingerprint density at radius 2 is 1.81 bits per heavy atom. The highest BCUT2D eigenvalue weighted by Crippen LogP contribution is 2.40. The van der Waals surface area contributed by atoms with E-state index in [1.165, 1.54) is 18.4 Å². The summed E-state index contributed by atoms with van der Waals surface area (Å²) in [6, 6.07) is 7.95. The SMILES string of the molecule is Cc1cccc(OCC(O)CN2C(C)(C)CCC2(C)C)c1. The molecule has 0 aromatic heterocycles. The summed E-state index contributed by atoms with van der Waals surface area (Å²) in [6.07, 6.45) is 1.87. The number of ether oxygens (including phenoxy) is 1. The topological polar surface area (TPSA) is 32.7 Å². The van der Waals surface area contributed by atoms with Gasteiger partial charge in [0, 0.05) is 17.6 Å². The summed E-state index contributed by atoms with van der Waals surface area (Å²) in [7, 11) is 0. The molecule has 0 spiro atoms. The van der Waals surface area contributed by atoms with Gasteiger partial charge >= 0.3 is 0 Å². The largest absolute Gasteiger partial charge is 0.491 e. The Kier molecular flexibility index (Phi) is 4.64. The van der Waals surface area contributed by atoms with Crippen LogP contribution in [0.25, 0.3) is 0 Å². The zero-order valence-electron chi connectivity index (χ0n) is 14.0.